The van der Waals surface area contributed by atoms with Crippen molar-refractivity contribution in [2.75, 3.05) is 0 Å². The normalized spacial score (nSPS) is 10.1. The lowest BCUT2D eigenvalue weighted by Crippen LogP contribution is -1.85. The Hall–Kier alpha value is -2.54. The van der Waals surface area contributed by atoms with Crippen molar-refractivity contribution in [2.24, 2.45) is 0 Å². The van der Waals surface area contributed by atoms with Crippen LogP contribution in [0.4, 0.5) is 0 Å². The van der Waals surface area contributed by atoms with Gasteiger partial charge in [0.05, 0.1) is 0 Å². The van der Waals surface area contributed by atoms with Crippen molar-refractivity contribution in [3.05, 3.63) is 90.5 Å². The molecule has 0 saturated carbocycles. The molecule has 3 aromatic carbocycles. The Morgan fingerprint density at radius 2 is 1.04 bits per heavy atom. The zero-order valence-corrected chi connectivity index (χ0v) is 16.5. The van der Waals surface area contributed by atoms with Gasteiger partial charge in [0.1, 0.15) is 5.75 Å². The number of phenols is 1. The highest BCUT2D eigenvalue weighted by atomic mass is 16.3. The summed E-state index contributed by atoms with van der Waals surface area (Å²) in [6, 6.07) is 28.4. The van der Waals surface area contributed by atoms with E-state index in [1.807, 2.05) is 24.3 Å². The summed E-state index contributed by atoms with van der Waals surface area (Å²) in [5.74, 6) is 0.363. The van der Waals surface area contributed by atoms with Gasteiger partial charge in [0, 0.05) is 0 Å². The Kier molecular flexibility index (Phi) is 9.81. The van der Waals surface area contributed by atoms with Crippen LogP contribution in [0.3, 0.4) is 0 Å². The van der Waals surface area contributed by atoms with Crippen molar-refractivity contribution in [3.63, 3.8) is 0 Å². The molecule has 27 heavy (non-hydrogen) atoms. The van der Waals surface area contributed by atoms with Crippen LogP contribution in [0.1, 0.15) is 51.0 Å². The van der Waals surface area contributed by atoms with Gasteiger partial charge in [0.25, 0.3) is 0 Å². The molecule has 0 radical (unpaired) electrons. The van der Waals surface area contributed by atoms with E-state index >= 15 is 0 Å². The second-order valence-corrected chi connectivity index (χ2v) is 6.92. The fourth-order valence-electron chi connectivity index (χ4n) is 3.03. The molecule has 3 aromatic rings. The summed E-state index contributed by atoms with van der Waals surface area (Å²) < 4.78 is 0. The zero-order valence-electron chi connectivity index (χ0n) is 16.5. The molecule has 1 heteroatoms. The van der Waals surface area contributed by atoms with Gasteiger partial charge in [-0.2, -0.15) is 0 Å². The molecular formula is C26H32O. The van der Waals surface area contributed by atoms with Gasteiger partial charge in [-0.15, -0.1) is 0 Å². The van der Waals surface area contributed by atoms with E-state index in [2.05, 4.69) is 55.5 Å². The van der Waals surface area contributed by atoms with Gasteiger partial charge in [-0.05, 0) is 41.7 Å². The van der Waals surface area contributed by atoms with Gasteiger partial charge in [0.15, 0.2) is 0 Å². The largest absolute Gasteiger partial charge is 0.508 e. The number of aryl methyl sites for hydroxylation is 1. The number of unbranched alkanes of at least 4 members (excludes halogenated alkanes) is 5. The molecule has 1 nitrogen and oxygen atoms in total. The van der Waals surface area contributed by atoms with Gasteiger partial charge >= 0.3 is 0 Å². The maximum Gasteiger partial charge on any atom is 0.115 e. The Labute approximate surface area is 164 Å². The molecular weight excluding hydrogens is 328 g/mol. The summed E-state index contributed by atoms with van der Waals surface area (Å²) in [6.45, 7) is 2.25. The van der Waals surface area contributed by atoms with Gasteiger partial charge in [-0.1, -0.05) is 112 Å². The third kappa shape index (κ3) is 8.59. The smallest absolute Gasteiger partial charge is 0.115 e. The predicted molar refractivity (Wildman–Crippen MR) is 117 cm³/mol. The minimum Gasteiger partial charge on any atom is -0.508 e. The highest BCUT2D eigenvalue weighted by molar-refractivity contribution is 5.62. The van der Waals surface area contributed by atoms with E-state index in [9.17, 15) is 0 Å². The molecule has 3 rings (SSSR count). The molecule has 0 aliphatic heterocycles. The zero-order chi connectivity index (χ0) is 19.2. The van der Waals surface area contributed by atoms with Crippen molar-refractivity contribution in [2.45, 2.75) is 51.9 Å². The number of phenolic OH excluding ortho intramolecular Hbond substituents is 1. The van der Waals surface area contributed by atoms with Crippen LogP contribution >= 0.6 is 0 Å². The molecule has 142 valence electrons. The second kappa shape index (κ2) is 12.8. The first-order valence-corrected chi connectivity index (χ1v) is 10.2. The fraction of sp³-hybridized carbons (Fsp3) is 0.308. The molecule has 0 amide bonds. The quantitative estimate of drug-likeness (QED) is 0.409. The molecule has 1 N–H and O–H groups in total. The highest BCUT2D eigenvalue weighted by Crippen LogP contribution is 2.17. The monoisotopic (exact) mass is 360 g/mol. The van der Waals surface area contributed by atoms with Crippen molar-refractivity contribution >= 4 is 0 Å². The molecule has 0 heterocycles. The summed E-state index contributed by atoms with van der Waals surface area (Å²) in [5.41, 5.74) is 3.89. The van der Waals surface area contributed by atoms with Crippen LogP contribution in [0, 0.1) is 0 Å². The Balaban J connectivity index is 0.000000198. The first kappa shape index (κ1) is 20.8. The van der Waals surface area contributed by atoms with Crippen LogP contribution in [-0.2, 0) is 6.42 Å². The van der Waals surface area contributed by atoms with E-state index in [1.54, 1.807) is 12.1 Å². The van der Waals surface area contributed by atoms with E-state index in [4.69, 9.17) is 5.11 Å². The number of rotatable bonds is 8. The van der Waals surface area contributed by atoms with Crippen LogP contribution < -0.4 is 0 Å². The number of hydrogen-bond acceptors (Lipinski definition) is 1. The summed E-state index contributed by atoms with van der Waals surface area (Å²) in [7, 11) is 0. The van der Waals surface area contributed by atoms with E-state index in [0.717, 1.165) is 6.42 Å². The number of benzene rings is 3. The van der Waals surface area contributed by atoms with Crippen molar-refractivity contribution in [1.29, 1.82) is 0 Å². The lowest BCUT2D eigenvalue weighted by Gasteiger charge is -2.02. The standard InChI is InChI=1S/C14H22O.C12H10/c1-2-3-4-5-6-7-8-13-9-11-14(15)12-10-13;1-3-7-11(8-4-1)12-9-5-2-6-10-12/h9-12,15H,2-8H2,1H3;1-10H. The van der Waals surface area contributed by atoms with Crippen LogP contribution in [0.25, 0.3) is 11.1 Å². The van der Waals surface area contributed by atoms with Crippen LogP contribution in [0.15, 0.2) is 84.9 Å². The van der Waals surface area contributed by atoms with E-state index < -0.39 is 0 Å². The third-order valence-electron chi connectivity index (χ3n) is 4.64. The molecule has 0 fully saturated rings. The SMILES string of the molecule is CCCCCCCCc1ccc(O)cc1.c1ccc(-c2ccccc2)cc1. The summed E-state index contributed by atoms with van der Waals surface area (Å²) in [5, 5.41) is 9.13. The number of hydrogen-bond donors (Lipinski definition) is 1. The molecule has 0 aliphatic rings. The molecule has 0 spiro atoms. The van der Waals surface area contributed by atoms with Gasteiger partial charge < -0.3 is 5.11 Å². The lowest BCUT2D eigenvalue weighted by atomic mass is 10.1. The molecule has 0 aromatic heterocycles. The highest BCUT2D eigenvalue weighted by Gasteiger charge is 1.94. The molecule has 0 aliphatic carbocycles. The fourth-order valence-corrected chi connectivity index (χ4v) is 3.03. The van der Waals surface area contributed by atoms with Crippen LogP contribution in [0.2, 0.25) is 0 Å². The van der Waals surface area contributed by atoms with E-state index in [1.165, 1.54) is 55.2 Å². The predicted octanol–water partition coefficient (Wildman–Crippen LogP) is 7.65. The summed E-state index contributed by atoms with van der Waals surface area (Å²) in [4.78, 5) is 0. The minimum absolute atomic E-state index is 0.363. The average Bonchev–Trinajstić information content (AvgIpc) is 2.74. The Bertz CT molecular complexity index is 680. The van der Waals surface area contributed by atoms with E-state index in [-0.39, 0.29) is 0 Å². The molecule has 0 saturated heterocycles. The van der Waals surface area contributed by atoms with Gasteiger partial charge in [-0.25, -0.2) is 0 Å². The lowest BCUT2D eigenvalue weighted by molar-refractivity contribution is 0.475. The number of aromatic hydroxyl groups is 1. The van der Waals surface area contributed by atoms with Gasteiger partial charge in [-0.3, -0.25) is 0 Å². The maximum absolute atomic E-state index is 9.13. The van der Waals surface area contributed by atoms with Gasteiger partial charge in [0.2, 0.25) is 0 Å². The summed E-state index contributed by atoms with van der Waals surface area (Å²) >= 11 is 0. The Morgan fingerprint density at radius 3 is 1.56 bits per heavy atom. The third-order valence-corrected chi connectivity index (χ3v) is 4.64. The van der Waals surface area contributed by atoms with Crippen molar-refractivity contribution < 1.29 is 5.11 Å². The molecule has 0 bridgehead atoms. The van der Waals surface area contributed by atoms with E-state index in [0.29, 0.717) is 5.75 Å². The van der Waals surface area contributed by atoms with Crippen molar-refractivity contribution in [3.8, 4) is 16.9 Å². The Morgan fingerprint density at radius 1 is 0.556 bits per heavy atom. The van der Waals surface area contributed by atoms with Crippen LogP contribution in [0.5, 0.6) is 5.75 Å². The van der Waals surface area contributed by atoms with Crippen LogP contribution in [-0.4, -0.2) is 5.11 Å². The minimum atomic E-state index is 0.363. The summed E-state index contributed by atoms with van der Waals surface area (Å²) in [6.07, 6.45) is 9.19. The molecule has 0 unspecified atom stereocenters. The topological polar surface area (TPSA) is 20.2 Å². The first-order chi connectivity index (χ1) is 13.3. The average molecular weight is 361 g/mol. The first-order valence-electron chi connectivity index (χ1n) is 10.2. The molecule has 0 atom stereocenters. The second-order valence-electron chi connectivity index (χ2n) is 6.92. The van der Waals surface area contributed by atoms with Crippen molar-refractivity contribution in [1.82, 2.24) is 0 Å². The maximum atomic E-state index is 9.13.